The molecule has 27 heavy (non-hydrogen) atoms. The molecular weight excluding hydrogens is 364 g/mol. The lowest BCUT2D eigenvalue weighted by atomic mass is 10.1. The van der Waals surface area contributed by atoms with Crippen molar-refractivity contribution in [3.63, 3.8) is 0 Å². The molecule has 0 aliphatic rings. The molecule has 3 rings (SSSR count). The molecule has 2 amide bonds. The second-order valence-corrected chi connectivity index (χ2v) is 6.99. The predicted molar refractivity (Wildman–Crippen MR) is 103 cm³/mol. The monoisotopic (exact) mass is 384 g/mol. The molecule has 2 heterocycles. The first-order valence-corrected chi connectivity index (χ1v) is 9.45. The van der Waals surface area contributed by atoms with Crippen molar-refractivity contribution in [1.82, 2.24) is 25.5 Å². The molecule has 0 saturated carbocycles. The van der Waals surface area contributed by atoms with Crippen LogP contribution < -0.4 is 10.6 Å². The fourth-order valence-corrected chi connectivity index (χ4v) is 3.19. The lowest BCUT2D eigenvalue weighted by Gasteiger charge is -2.11. The van der Waals surface area contributed by atoms with Gasteiger partial charge in [-0.25, -0.2) is 0 Å². The van der Waals surface area contributed by atoms with Crippen LogP contribution >= 0.6 is 11.3 Å². The SMILES string of the molecule is CCC(C)C(=O)Nc1cccc(CNC(=O)c2sccc2-n2cnnn2)c1. The quantitative estimate of drug-likeness (QED) is 0.652. The molecule has 0 saturated heterocycles. The summed E-state index contributed by atoms with van der Waals surface area (Å²) >= 11 is 1.32. The first-order chi connectivity index (χ1) is 13.1. The van der Waals surface area contributed by atoms with E-state index in [4.69, 9.17) is 0 Å². The Morgan fingerprint density at radius 2 is 2.15 bits per heavy atom. The molecule has 0 spiro atoms. The molecule has 9 heteroatoms. The summed E-state index contributed by atoms with van der Waals surface area (Å²) in [5, 5.41) is 18.6. The van der Waals surface area contributed by atoms with Crippen molar-refractivity contribution < 1.29 is 9.59 Å². The molecule has 0 aliphatic heterocycles. The van der Waals surface area contributed by atoms with Gasteiger partial charge < -0.3 is 10.6 Å². The molecule has 3 aromatic rings. The Balaban J connectivity index is 1.64. The highest BCUT2D eigenvalue weighted by Gasteiger charge is 2.15. The smallest absolute Gasteiger partial charge is 0.263 e. The molecule has 8 nitrogen and oxygen atoms in total. The maximum absolute atomic E-state index is 12.5. The van der Waals surface area contributed by atoms with Crippen LogP contribution in [0.2, 0.25) is 0 Å². The van der Waals surface area contributed by atoms with E-state index in [1.54, 1.807) is 6.07 Å². The van der Waals surface area contributed by atoms with E-state index < -0.39 is 0 Å². The van der Waals surface area contributed by atoms with Gasteiger partial charge in [-0.05, 0) is 46.0 Å². The van der Waals surface area contributed by atoms with Gasteiger partial charge in [-0.1, -0.05) is 26.0 Å². The zero-order valence-electron chi connectivity index (χ0n) is 15.0. The molecule has 0 fully saturated rings. The Labute approximate surface area is 160 Å². The number of carbonyl (C=O) groups is 2. The van der Waals surface area contributed by atoms with Crippen LogP contribution in [-0.4, -0.2) is 32.0 Å². The third-order valence-corrected chi connectivity index (χ3v) is 5.06. The van der Waals surface area contributed by atoms with Gasteiger partial charge in [0.15, 0.2) is 0 Å². The highest BCUT2D eigenvalue weighted by molar-refractivity contribution is 7.12. The number of nitrogens with one attached hydrogen (secondary N) is 2. The molecule has 1 aromatic carbocycles. The summed E-state index contributed by atoms with van der Waals surface area (Å²) in [4.78, 5) is 25.1. The van der Waals surface area contributed by atoms with Crippen LogP contribution in [-0.2, 0) is 11.3 Å². The maximum Gasteiger partial charge on any atom is 0.263 e. The number of thiophene rings is 1. The van der Waals surface area contributed by atoms with Gasteiger partial charge in [-0.15, -0.1) is 16.4 Å². The van der Waals surface area contributed by atoms with Gasteiger partial charge in [0.25, 0.3) is 5.91 Å². The number of hydrogen-bond donors (Lipinski definition) is 2. The standard InChI is InChI=1S/C18H20N6O2S/c1-3-12(2)17(25)21-14-6-4-5-13(9-14)10-19-18(26)16-15(7-8-27-16)24-11-20-22-23-24/h4-9,11-12H,3,10H2,1-2H3,(H,19,26)(H,21,25). The summed E-state index contributed by atoms with van der Waals surface area (Å²) in [6, 6.07) is 9.24. The minimum atomic E-state index is -0.204. The van der Waals surface area contributed by atoms with Gasteiger partial charge >= 0.3 is 0 Å². The van der Waals surface area contributed by atoms with E-state index in [-0.39, 0.29) is 17.7 Å². The van der Waals surface area contributed by atoms with E-state index in [0.717, 1.165) is 17.7 Å². The van der Waals surface area contributed by atoms with Crippen LogP contribution in [0.4, 0.5) is 5.69 Å². The average molecular weight is 384 g/mol. The van der Waals surface area contributed by atoms with E-state index in [1.807, 2.05) is 43.5 Å². The van der Waals surface area contributed by atoms with Crippen molar-refractivity contribution in [3.05, 3.63) is 52.5 Å². The van der Waals surface area contributed by atoms with Crippen molar-refractivity contribution in [2.24, 2.45) is 5.92 Å². The highest BCUT2D eigenvalue weighted by Crippen LogP contribution is 2.20. The summed E-state index contributed by atoms with van der Waals surface area (Å²) < 4.78 is 1.45. The molecule has 0 bridgehead atoms. The minimum absolute atomic E-state index is 0.0108. The van der Waals surface area contributed by atoms with Crippen LogP contribution in [0.5, 0.6) is 0 Å². The van der Waals surface area contributed by atoms with Gasteiger partial charge in [-0.2, -0.15) is 4.68 Å². The fourth-order valence-electron chi connectivity index (χ4n) is 2.40. The van der Waals surface area contributed by atoms with Crippen LogP contribution in [0.25, 0.3) is 5.69 Å². The van der Waals surface area contributed by atoms with Crippen molar-refractivity contribution >= 4 is 28.8 Å². The Bertz CT molecular complexity index is 922. The Morgan fingerprint density at radius 3 is 2.89 bits per heavy atom. The average Bonchev–Trinajstić information content (AvgIpc) is 3.36. The van der Waals surface area contributed by atoms with Crippen molar-refractivity contribution in [2.75, 3.05) is 5.32 Å². The highest BCUT2D eigenvalue weighted by atomic mass is 32.1. The van der Waals surface area contributed by atoms with Gasteiger partial charge in [-0.3, -0.25) is 9.59 Å². The molecule has 2 N–H and O–H groups in total. The fraction of sp³-hybridized carbons (Fsp3) is 0.278. The zero-order valence-corrected chi connectivity index (χ0v) is 15.9. The van der Waals surface area contributed by atoms with Crippen LogP contribution in [0.3, 0.4) is 0 Å². The van der Waals surface area contributed by atoms with Gasteiger partial charge in [0.1, 0.15) is 11.2 Å². The van der Waals surface area contributed by atoms with Crippen LogP contribution in [0.1, 0.15) is 35.5 Å². The lowest BCUT2D eigenvalue weighted by Crippen LogP contribution is -2.23. The normalized spacial score (nSPS) is 11.8. The lowest BCUT2D eigenvalue weighted by molar-refractivity contribution is -0.119. The van der Waals surface area contributed by atoms with E-state index in [9.17, 15) is 9.59 Å². The van der Waals surface area contributed by atoms with Gasteiger partial charge in [0, 0.05) is 18.2 Å². The first kappa shape index (κ1) is 18.7. The Morgan fingerprint density at radius 1 is 1.30 bits per heavy atom. The summed E-state index contributed by atoms with van der Waals surface area (Å²) in [5.74, 6) is -0.259. The molecule has 0 aliphatic carbocycles. The van der Waals surface area contributed by atoms with Gasteiger partial charge in [0.2, 0.25) is 5.91 Å². The summed E-state index contributed by atoms with van der Waals surface area (Å²) in [7, 11) is 0. The number of hydrogen-bond acceptors (Lipinski definition) is 6. The number of tetrazole rings is 1. The summed E-state index contributed by atoms with van der Waals surface area (Å²) in [6.45, 7) is 4.21. The zero-order chi connectivity index (χ0) is 19.2. The number of amides is 2. The molecule has 2 aromatic heterocycles. The third-order valence-electron chi connectivity index (χ3n) is 4.15. The molecule has 0 radical (unpaired) electrons. The van der Waals surface area contributed by atoms with Gasteiger partial charge in [0.05, 0.1) is 5.69 Å². The Hall–Kier alpha value is -3.07. The summed E-state index contributed by atoms with van der Waals surface area (Å²) in [5.41, 5.74) is 2.25. The second-order valence-electron chi connectivity index (χ2n) is 6.07. The molecular formula is C18H20N6O2S. The van der Waals surface area contributed by atoms with E-state index in [0.29, 0.717) is 17.1 Å². The number of aromatic nitrogens is 4. The largest absolute Gasteiger partial charge is 0.347 e. The van der Waals surface area contributed by atoms with E-state index >= 15 is 0 Å². The van der Waals surface area contributed by atoms with E-state index in [1.165, 1.54) is 22.3 Å². The maximum atomic E-state index is 12.5. The minimum Gasteiger partial charge on any atom is -0.347 e. The van der Waals surface area contributed by atoms with Crippen molar-refractivity contribution in [3.8, 4) is 5.69 Å². The van der Waals surface area contributed by atoms with Crippen molar-refractivity contribution in [1.29, 1.82) is 0 Å². The topological polar surface area (TPSA) is 102 Å². The van der Waals surface area contributed by atoms with Crippen LogP contribution in [0.15, 0.2) is 42.0 Å². The third kappa shape index (κ3) is 4.56. The number of nitrogens with zero attached hydrogens (tertiary/aromatic N) is 4. The predicted octanol–water partition coefficient (Wildman–Crippen LogP) is 2.64. The second kappa shape index (κ2) is 8.54. The molecule has 1 unspecified atom stereocenters. The number of rotatable bonds is 7. The van der Waals surface area contributed by atoms with Crippen molar-refractivity contribution in [2.45, 2.75) is 26.8 Å². The van der Waals surface area contributed by atoms with E-state index in [2.05, 4.69) is 26.2 Å². The van der Waals surface area contributed by atoms with Crippen LogP contribution in [0, 0.1) is 5.92 Å². The first-order valence-electron chi connectivity index (χ1n) is 8.57. The number of anilines is 1. The number of carbonyl (C=O) groups excluding carboxylic acids is 2. The number of benzene rings is 1. The molecule has 140 valence electrons. The molecule has 1 atom stereocenters. The summed E-state index contributed by atoms with van der Waals surface area (Å²) in [6.07, 6.45) is 2.23. The Kier molecular flexibility index (Phi) is 5.92.